The molecule has 0 radical (unpaired) electrons. The molecule has 0 amide bonds. The van der Waals surface area contributed by atoms with E-state index in [4.69, 9.17) is 11.6 Å². The van der Waals surface area contributed by atoms with Crippen molar-refractivity contribution in [1.29, 1.82) is 0 Å². The van der Waals surface area contributed by atoms with Gasteiger partial charge in [-0.05, 0) is 36.6 Å². The molecule has 0 bridgehead atoms. The molecule has 0 aliphatic heterocycles. The van der Waals surface area contributed by atoms with Crippen molar-refractivity contribution in [2.75, 3.05) is 0 Å². The minimum absolute atomic E-state index is 0.219. The first kappa shape index (κ1) is 11.4. The van der Waals surface area contributed by atoms with Crippen molar-refractivity contribution in [3.63, 3.8) is 0 Å². The molecular formula is C10H11ClF2O. The monoisotopic (exact) mass is 220 g/mol. The van der Waals surface area contributed by atoms with E-state index in [9.17, 15) is 13.9 Å². The molecule has 0 aliphatic rings. The van der Waals surface area contributed by atoms with Crippen molar-refractivity contribution in [3.05, 3.63) is 34.9 Å². The number of aryl methyl sites for hydroxylation is 1. The van der Waals surface area contributed by atoms with E-state index in [1.807, 2.05) is 0 Å². The fourth-order valence-electron chi connectivity index (χ4n) is 1.26. The highest BCUT2D eigenvalue weighted by atomic mass is 35.5. The van der Waals surface area contributed by atoms with Gasteiger partial charge in [0.15, 0.2) is 0 Å². The average molecular weight is 221 g/mol. The van der Waals surface area contributed by atoms with Crippen LogP contribution in [-0.4, -0.2) is 5.11 Å². The standard InChI is InChI=1S/C10H11ClF2O/c1-6-5-8(7(2)14)3-4-9(6)10(11,12)13/h3-5,7,14H,1-2H3. The molecule has 0 saturated carbocycles. The normalized spacial score (nSPS) is 14.1. The zero-order chi connectivity index (χ0) is 10.9. The van der Waals surface area contributed by atoms with Gasteiger partial charge in [0.1, 0.15) is 0 Å². The van der Waals surface area contributed by atoms with Gasteiger partial charge in [-0.1, -0.05) is 18.2 Å². The summed E-state index contributed by atoms with van der Waals surface area (Å²) in [6.45, 7) is 3.12. The molecule has 1 unspecified atom stereocenters. The molecule has 0 saturated heterocycles. The predicted octanol–water partition coefficient (Wildman–Crippen LogP) is 3.34. The lowest BCUT2D eigenvalue weighted by atomic mass is 10.0. The first-order valence-corrected chi connectivity index (χ1v) is 4.56. The summed E-state index contributed by atoms with van der Waals surface area (Å²) in [4.78, 5) is 0. The van der Waals surface area contributed by atoms with Gasteiger partial charge < -0.3 is 5.11 Å². The van der Waals surface area contributed by atoms with Crippen LogP contribution in [0.3, 0.4) is 0 Å². The second-order valence-electron chi connectivity index (χ2n) is 3.25. The third-order valence-corrected chi connectivity index (χ3v) is 2.24. The van der Waals surface area contributed by atoms with Crippen LogP contribution in [0.15, 0.2) is 18.2 Å². The van der Waals surface area contributed by atoms with E-state index in [0.29, 0.717) is 11.1 Å². The van der Waals surface area contributed by atoms with Crippen molar-refractivity contribution in [1.82, 2.24) is 0 Å². The summed E-state index contributed by atoms with van der Waals surface area (Å²) >= 11 is 4.90. The summed E-state index contributed by atoms with van der Waals surface area (Å²) in [5.74, 6) is 0. The number of alkyl halides is 3. The van der Waals surface area contributed by atoms with Crippen LogP contribution in [0.2, 0.25) is 0 Å². The van der Waals surface area contributed by atoms with Gasteiger partial charge in [-0.3, -0.25) is 0 Å². The second-order valence-corrected chi connectivity index (χ2v) is 3.72. The van der Waals surface area contributed by atoms with E-state index in [0.717, 1.165) is 0 Å². The van der Waals surface area contributed by atoms with Crippen molar-refractivity contribution in [3.8, 4) is 0 Å². The Kier molecular flexibility index (Phi) is 3.12. The Bertz CT molecular complexity index is 331. The summed E-state index contributed by atoms with van der Waals surface area (Å²) < 4.78 is 25.5. The Balaban J connectivity index is 3.15. The van der Waals surface area contributed by atoms with E-state index >= 15 is 0 Å². The van der Waals surface area contributed by atoms with Gasteiger partial charge in [-0.2, -0.15) is 8.78 Å². The molecule has 0 fully saturated rings. The highest BCUT2D eigenvalue weighted by Gasteiger charge is 2.29. The Morgan fingerprint density at radius 3 is 2.36 bits per heavy atom. The van der Waals surface area contributed by atoms with Crippen LogP contribution in [0.5, 0.6) is 0 Å². The van der Waals surface area contributed by atoms with Crippen LogP contribution in [0, 0.1) is 6.92 Å². The summed E-state index contributed by atoms with van der Waals surface area (Å²) in [6, 6.07) is 4.20. The van der Waals surface area contributed by atoms with Crippen LogP contribution in [-0.2, 0) is 5.38 Å². The van der Waals surface area contributed by atoms with Gasteiger partial charge in [0.25, 0.3) is 0 Å². The lowest BCUT2D eigenvalue weighted by molar-refractivity contribution is 0.0942. The molecule has 1 aromatic rings. The fourth-order valence-corrected chi connectivity index (χ4v) is 1.48. The number of benzene rings is 1. The maximum absolute atomic E-state index is 12.8. The van der Waals surface area contributed by atoms with Gasteiger partial charge in [0.2, 0.25) is 0 Å². The Labute approximate surface area is 86.3 Å². The average Bonchev–Trinajstić information content (AvgIpc) is 2.01. The minimum atomic E-state index is -3.35. The van der Waals surface area contributed by atoms with Gasteiger partial charge in [0, 0.05) is 5.56 Å². The maximum Gasteiger partial charge on any atom is 0.348 e. The molecule has 4 heteroatoms. The second kappa shape index (κ2) is 3.83. The van der Waals surface area contributed by atoms with Crippen molar-refractivity contribution in [2.45, 2.75) is 25.3 Å². The lowest BCUT2D eigenvalue weighted by Crippen LogP contribution is -2.06. The van der Waals surface area contributed by atoms with Crippen molar-refractivity contribution < 1.29 is 13.9 Å². The lowest BCUT2D eigenvalue weighted by Gasteiger charge is -2.13. The summed E-state index contributed by atoms with van der Waals surface area (Å²) in [7, 11) is 0. The number of hydrogen-bond acceptors (Lipinski definition) is 1. The topological polar surface area (TPSA) is 20.2 Å². The molecule has 1 atom stereocenters. The quantitative estimate of drug-likeness (QED) is 0.758. The zero-order valence-electron chi connectivity index (χ0n) is 7.89. The van der Waals surface area contributed by atoms with E-state index in [2.05, 4.69) is 0 Å². The summed E-state index contributed by atoms with van der Waals surface area (Å²) in [5, 5.41) is 5.88. The molecule has 1 nitrogen and oxygen atoms in total. The van der Waals surface area contributed by atoms with Gasteiger partial charge in [-0.15, -0.1) is 0 Å². The van der Waals surface area contributed by atoms with Crippen molar-refractivity contribution >= 4 is 11.6 Å². The summed E-state index contributed by atoms with van der Waals surface area (Å²) in [6.07, 6.45) is -0.660. The highest BCUT2D eigenvalue weighted by molar-refractivity contribution is 6.21. The van der Waals surface area contributed by atoms with Crippen LogP contribution >= 0.6 is 11.6 Å². The van der Waals surface area contributed by atoms with Crippen LogP contribution in [0.25, 0.3) is 0 Å². The summed E-state index contributed by atoms with van der Waals surface area (Å²) in [5.41, 5.74) is 0.763. The van der Waals surface area contributed by atoms with Crippen molar-refractivity contribution in [2.24, 2.45) is 0 Å². The third kappa shape index (κ3) is 2.42. The molecule has 1 rings (SSSR count). The Hall–Kier alpha value is -0.670. The SMILES string of the molecule is Cc1cc(C(C)O)ccc1C(F)(F)Cl. The molecule has 1 N–H and O–H groups in total. The third-order valence-electron chi connectivity index (χ3n) is 2.04. The number of hydrogen-bond donors (Lipinski definition) is 1. The molecule has 78 valence electrons. The first-order valence-electron chi connectivity index (χ1n) is 4.18. The first-order chi connectivity index (χ1) is 6.32. The molecule has 0 aromatic heterocycles. The van der Waals surface area contributed by atoms with E-state index in [-0.39, 0.29) is 5.56 Å². The van der Waals surface area contributed by atoms with Gasteiger partial charge in [-0.25, -0.2) is 0 Å². The van der Waals surface area contributed by atoms with Gasteiger partial charge >= 0.3 is 5.38 Å². The van der Waals surface area contributed by atoms with Crippen LogP contribution in [0.1, 0.15) is 29.7 Å². The molecule has 0 spiro atoms. The minimum Gasteiger partial charge on any atom is -0.389 e. The smallest absolute Gasteiger partial charge is 0.348 e. The Morgan fingerprint density at radius 1 is 1.43 bits per heavy atom. The molecule has 1 aromatic carbocycles. The molecule has 0 heterocycles. The number of rotatable bonds is 2. The van der Waals surface area contributed by atoms with Crippen LogP contribution < -0.4 is 0 Å². The molecule has 0 aliphatic carbocycles. The van der Waals surface area contributed by atoms with E-state index in [1.54, 1.807) is 6.92 Å². The van der Waals surface area contributed by atoms with Crippen LogP contribution in [0.4, 0.5) is 8.78 Å². The number of aliphatic hydroxyl groups excluding tert-OH is 1. The fraction of sp³-hybridized carbons (Fsp3) is 0.400. The van der Waals surface area contributed by atoms with Gasteiger partial charge in [0.05, 0.1) is 6.10 Å². The van der Waals surface area contributed by atoms with E-state index in [1.165, 1.54) is 25.1 Å². The number of aliphatic hydroxyl groups is 1. The number of halogens is 3. The molecular weight excluding hydrogens is 210 g/mol. The van der Waals surface area contributed by atoms with E-state index < -0.39 is 11.5 Å². The maximum atomic E-state index is 12.8. The predicted molar refractivity (Wildman–Crippen MR) is 51.6 cm³/mol. The largest absolute Gasteiger partial charge is 0.389 e. The highest BCUT2D eigenvalue weighted by Crippen LogP contribution is 2.35. The Morgan fingerprint density at radius 2 is 2.00 bits per heavy atom. The zero-order valence-corrected chi connectivity index (χ0v) is 8.65. The molecule has 14 heavy (non-hydrogen) atoms.